The summed E-state index contributed by atoms with van der Waals surface area (Å²) in [6.07, 6.45) is 5.72. The summed E-state index contributed by atoms with van der Waals surface area (Å²) in [6.45, 7) is 23.6. The molecule has 3 fully saturated rings. The molecule has 0 radical (unpaired) electrons. The molecule has 3 rings (SSSR count). The van der Waals surface area contributed by atoms with Gasteiger partial charge in [-0.2, -0.15) is 0 Å². The molecule has 9 nitrogen and oxygen atoms in total. The molecule has 0 aliphatic carbocycles. The van der Waals surface area contributed by atoms with Crippen LogP contribution in [0, 0.1) is 41.4 Å². The van der Waals surface area contributed by atoms with E-state index in [4.69, 9.17) is 34.0 Å². The van der Waals surface area contributed by atoms with Gasteiger partial charge in [-0.1, -0.05) is 87.2 Å². The lowest BCUT2D eigenvalue weighted by Gasteiger charge is -2.51. The molecule has 0 aromatic heterocycles. The minimum atomic E-state index is -0.441. The first-order chi connectivity index (χ1) is 20.6. The highest BCUT2D eigenvalue weighted by molar-refractivity contribution is 4.91. The predicted molar refractivity (Wildman–Crippen MR) is 169 cm³/mol. The Morgan fingerprint density at radius 3 is 1.67 bits per heavy atom. The Labute approximate surface area is 262 Å². The molecule has 43 heavy (non-hydrogen) atoms. The number of azide groups is 1. The third-order valence-electron chi connectivity index (χ3n) is 11.1. The highest BCUT2D eigenvalue weighted by Crippen LogP contribution is 2.43. The van der Waals surface area contributed by atoms with Gasteiger partial charge in [0.25, 0.3) is 0 Å². The summed E-state index contributed by atoms with van der Waals surface area (Å²) < 4.78 is 40.1. The summed E-state index contributed by atoms with van der Waals surface area (Å²) in [5.41, 5.74) is 8.46. The molecule has 3 aliphatic rings. The SMILES string of the molecule is CCC1O[C@H](O[C@@H]2C(C)[C@@H](OC3[C@@H](OCCCCCCN=[N+]=[N-])OC(CC)[C@@H](C)[C@@H]3C)OC(CC)[C@H]2C)C(C)[C@@H](C)[C@@H]1C. The van der Waals surface area contributed by atoms with Crippen LogP contribution in [0.25, 0.3) is 10.4 Å². The fourth-order valence-electron chi connectivity index (χ4n) is 7.49. The second-order valence-corrected chi connectivity index (χ2v) is 13.8. The molecule has 3 aliphatic heterocycles. The molecule has 0 saturated carbocycles. The van der Waals surface area contributed by atoms with Crippen LogP contribution in [0.2, 0.25) is 0 Å². The Morgan fingerprint density at radius 2 is 1.07 bits per heavy atom. The van der Waals surface area contributed by atoms with Gasteiger partial charge >= 0.3 is 0 Å². The first-order valence-corrected chi connectivity index (χ1v) is 17.5. The normalized spacial score (nSPS) is 43.7. The molecule has 15 atom stereocenters. The Hall–Kier alpha value is -0.930. The van der Waals surface area contributed by atoms with Crippen LogP contribution >= 0.6 is 0 Å². The van der Waals surface area contributed by atoms with Crippen LogP contribution in [0.5, 0.6) is 0 Å². The largest absolute Gasteiger partial charge is 0.350 e. The number of hydrogen-bond acceptors (Lipinski definition) is 7. The lowest BCUT2D eigenvalue weighted by molar-refractivity contribution is -0.356. The van der Waals surface area contributed by atoms with Gasteiger partial charge < -0.3 is 28.4 Å². The van der Waals surface area contributed by atoms with Crippen molar-refractivity contribution in [1.29, 1.82) is 0 Å². The third kappa shape index (κ3) is 9.08. The second kappa shape index (κ2) is 17.7. The number of rotatable bonds is 15. The first-order valence-electron chi connectivity index (χ1n) is 17.5. The lowest BCUT2D eigenvalue weighted by Crippen LogP contribution is -2.58. The zero-order valence-corrected chi connectivity index (χ0v) is 28.8. The quantitative estimate of drug-likeness (QED) is 0.0798. The van der Waals surface area contributed by atoms with E-state index in [1.807, 2.05) is 0 Å². The molecule has 0 spiro atoms. The average molecular weight is 610 g/mol. The highest BCUT2D eigenvalue weighted by atomic mass is 16.7. The minimum Gasteiger partial charge on any atom is -0.350 e. The zero-order valence-electron chi connectivity index (χ0n) is 28.8. The van der Waals surface area contributed by atoms with Crippen LogP contribution in [0.15, 0.2) is 5.11 Å². The van der Waals surface area contributed by atoms with E-state index in [1.165, 1.54) is 0 Å². The summed E-state index contributed by atoms with van der Waals surface area (Å²) in [5.74, 6) is 2.19. The van der Waals surface area contributed by atoms with Gasteiger partial charge in [-0.3, -0.25) is 0 Å². The Bertz CT molecular complexity index is 856. The van der Waals surface area contributed by atoms with E-state index in [2.05, 4.69) is 79.3 Å². The molecular formula is C34H63N3O6. The molecule has 3 saturated heterocycles. The van der Waals surface area contributed by atoms with Gasteiger partial charge in [-0.15, -0.1) is 0 Å². The average Bonchev–Trinajstić information content (AvgIpc) is 3.00. The van der Waals surface area contributed by atoms with E-state index in [-0.39, 0.29) is 54.6 Å². The summed E-state index contributed by atoms with van der Waals surface area (Å²) in [6, 6.07) is 0. The van der Waals surface area contributed by atoms with Crippen LogP contribution in [-0.4, -0.2) is 62.5 Å². The van der Waals surface area contributed by atoms with Gasteiger partial charge in [0.15, 0.2) is 18.9 Å². The fraction of sp³-hybridized carbons (Fsp3) is 1.00. The van der Waals surface area contributed by atoms with Crippen LogP contribution in [0.4, 0.5) is 0 Å². The van der Waals surface area contributed by atoms with Crippen molar-refractivity contribution < 1.29 is 28.4 Å². The molecule has 3 heterocycles. The Balaban J connectivity index is 1.71. The van der Waals surface area contributed by atoms with Crippen LogP contribution < -0.4 is 0 Å². The van der Waals surface area contributed by atoms with Crippen molar-refractivity contribution in [2.75, 3.05) is 13.2 Å². The number of nitrogens with zero attached hydrogens (tertiary/aromatic N) is 3. The highest BCUT2D eigenvalue weighted by Gasteiger charge is 2.50. The van der Waals surface area contributed by atoms with E-state index < -0.39 is 12.6 Å². The maximum absolute atomic E-state index is 8.46. The molecule has 0 aromatic rings. The summed E-state index contributed by atoms with van der Waals surface area (Å²) in [7, 11) is 0. The van der Waals surface area contributed by atoms with Crippen molar-refractivity contribution in [3.63, 3.8) is 0 Å². The lowest BCUT2D eigenvalue weighted by atomic mass is 9.78. The van der Waals surface area contributed by atoms with Crippen molar-refractivity contribution in [2.24, 2.45) is 46.5 Å². The van der Waals surface area contributed by atoms with Crippen molar-refractivity contribution in [1.82, 2.24) is 0 Å². The molecule has 0 N–H and O–H groups in total. The smallest absolute Gasteiger partial charge is 0.184 e. The molecule has 9 heteroatoms. The molecule has 0 bridgehead atoms. The van der Waals surface area contributed by atoms with Gasteiger partial charge in [0.2, 0.25) is 0 Å². The third-order valence-corrected chi connectivity index (χ3v) is 11.1. The van der Waals surface area contributed by atoms with Crippen molar-refractivity contribution >= 4 is 0 Å². The summed E-state index contributed by atoms with van der Waals surface area (Å²) >= 11 is 0. The van der Waals surface area contributed by atoms with Gasteiger partial charge in [-0.05, 0) is 61.3 Å². The maximum Gasteiger partial charge on any atom is 0.184 e. The second-order valence-electron chi connectivity index (χ2n) is 13.8. The van der Waals surface area contributed by atoms with Crippen LogP contribution in [0.1, 0.15) is 114 Å². The van der Waals surface area contributed by atoms with Gasteiger partial charge in [-0.25, -0.2) is 0 Å². The fourth-order valence-corrected chi connectivity index (χ4v) is 7.49. The number of unbranched alkanes of at least 4 members (excludes halogenated alkanes) is 3. The van der Waals surface area contributed by atoms with E-state index in [1.54, 1.807) is 0 Å². The zero-order chi connectivity index (χ0) is 31.7. The van der Waals surface area contributed by atoms with E-state index >= 15 is 0 Å². The van der Waals surface area contributed by atoms with E-state index in [0.29, 0.717) is 36.8 Å². The van der Waals surface area contributed by atoms with E-state index in [0.717, 1.165) is 44.9 Å². The van der Waals surface area contributed by atoms with Crippen molar-refractivity contribution in [3.8, 4) is 0 Å². The van der Waals surface area contributed by atoms with Crippen LogP contribution in [-0.2, 0) is 28.4 Å². The summed E-state index contributed by atoms with van der Waals surface area (Å²) in [4.78, 5) is 2.83. The molecule has 250 valence electrons. The van der Waals surface area contributed by atoms with Gasteiger partial charge in [0.05, 0.1) is 24.4 Å². The predicted octanol–water partition coefficient (Wildman–Crippen LogP) is 8.50. The monoisotopic (exact) mass is 609 g/mol. The first kappa shape index (κ1) is 36.5. The van der Waals surface area contributed by atoms with Gasteiger partial charge in [0, 0.05) is 35.8 Å². The Kier molecular flexibility index (Phi) is 15.0. The minimum absolute atomic E-state index is 0.0199. The molecular weight excluding hydrogens is 546 g/mol. The standard InChI is InChI=1S/C34H63N3O6/c1-11-27-21(5)20(4)24(8)32(39-27)42-30-25(9)29(13-3)40-33(26(30)10)43-31-23(7)22(6)28(12-2)41-34(31)38-19-17-15-14-16-18-36-37-35/h20-34H,11-19H2,1-10H3/t20-,21-,22-,23-,24?,25+,26?,27?,28?,29?,30-,31?,32+,33+,34-/m0/s1. The molecule has 0 amide bonds. The Morgan fingerprint density at radius 1 is 0.558 bits per heavy atom. The van der Waals surface area contributed by atoms with Crippen molar-refractivity contribution in [2.45, 2.75) is 164 Å². The number of hydrogen-bond donors (Lipinski definition) is 0. The van der Waals surface area contributed by atoms with Crippen molar-refractivity contribution in [3.05, 3.63) is 10.4 Å². The van der Waals surface area contributed by atoms with E-state index in [9.17, 15) is 0 Å². The number of ether oxygens (including phenoxy) is 6. The van der Waals surface area contributed by atoms with Gasteiger partial charge in [0.1, 0.15) is 6.10 Å². The summed E-state index contributed by atoms with van der Waals surface area (Å²) in [5, 5.41) is 3.62. The molecule has 6 unspecified atom stereocenters. The van der Waals surface area contributed by atoms with Crippen LogP contribution in [0.3, 0.4) is 0 Å². The molecule has 0 aromatic carbocycles. The topological polar surface area (TPSA) is 104 Å². The maximum atomic E-state index is 8.46.